The van der Waals surface area contributed by atoms with Crippen molar-refractivity contribution in [2.24, 2.45) is 11.1 Å². The summed E-state index contributed by atoms with van der Waals surface area (Å²) >= 11 is 0. The Bertz CT molecular complexity index is 195. The smallest absolute Gasteiger partial charge is 0.00700 e. The Morgan fingerprint density at radius 1 is 1.13 bits per heavy atom. The lowest BCUT2D eigenvalue weighted by molar-refractivity contribution is 0.0128. The first kappa shape index (κ1) is 11.4. The van der Waals surface area contributed by atoms with Crippen molar-refractivity contribution in [2.45, 2.75) is 64.5 Å². The predicted molar refractivity (Wildman–Crippen MR) is 64.8 cm³/mol. The topological polar surface area (TPSA) is 29.3 Å². The summed E-state index contributed by atoms with van der Waals surface area (Å²) in [6.07, 6.45) is 8.29. The monoisotopic (exact) mass is 210 g/mol. The number of nitrogens with two attached hydrogens (primary N) is 1. The molecule has 1 heterocycles. The SMILES string of the molecule is CC1CCCC(C)N1CC1(CN)CCC1. The number of rotatable bonds is 3. The second-order valence-corrected chi connectivity index (χ2v) is 5.86. The van der Waals surface area contributed by atoms with Gasteiger partial charge in [0.15, 0.2) is 0 Å². The van der Waals surface area contributed by atoms with Crippen LogP contribution in [0.25, 0.3) is 0 Å². The molecule has 15 heavy (non-hydrogen) atoms. The third-order valence-electron chi connectivity index (χ3n) is 4.74. The molecule has 2 fully saturated rings. The highest BCUT2D eigenvalue weighted by molar-refractivity contribution is 4.94. The van der Waals surface area contributed by atoms with Gasteiger partial charge < -0.3 is 5.73 Å². The molecule has 1 aliphatic carbocycles. The molecule has 2 aliphatic rings. The molecule has 0 radical (unpaired) electrons. The predicted octanol–water partition coefficient (Wildman–Crippen LogP) is 2.38. The van der Waals surface area contributed by atoms with Gasteiger partial charge >= 0.3 is 0 Å². The van der Waals surface area contributed by atoms with Gasteiger partial charge in [-0.25, -0.2) is 0 Å². The van der Waals surface area contributed by atoms with E-state index in [-0.39, 0.29) is 0 Å². The minimum absolute atomic E-state index is 0.486. The van der Waals surface area contributed by atoms with Gasteiger partial charge in [-0.05, 0) is 51.5 Å². The van der Waals surface area contributed by atoms with E-state index in [0.29, 0.717) is 5.41 Å². The molecule has 2 rings (SSSR count). The van der Waals surface area contributed by atoms with Crippen LogP contribution < -0.4 is 5.73 Å². The van der Waals surface area contributed by atoms with E-state index in [2.05, 4.69) is 18.7 Å². The molecule has 2 nitrogen and oxygen atoms in total. The zero-order chi connectivity index (χ0) is 10.9. The van der Waals surface area contributed by atoms with Crippen LogP contribution in [0, 0.1) is 5.41 Å². The quantitative estimate of drug-likeness (QED) is 0.775. The highest BCUT2D eigenvalue weighted by atomic mass is 15.2. The van der Waals surface area contributed by atoms with Gasteiger partial charge in [0.2, 0.25) is 0 Å². The van der Waals surface area contributed by atoms with Gasteiger partial charge in [-0.1, -0.05) is 12.8 Å². The molecule has 1 saturated heterocycles. The first-order chi connectivity index (χ1) is 7.17. The van der Waals surface area contributed by atoms with Crippen molar-refractivity contribution in [3.8, 4) is 0 Å². The van der Waals surface area contributed by atoms with Crippen molar-refractivity contribution < 1.29 is 0 Å². The number of hydrogen-bond acceptors (Lipinski definition) is 2. The number of hydrogen-bond donors (Lipinski definition) is 1. The van der Waals surface area contributed by atoms with E-state index in [9.17, 15) is 0 Å². The van der Waals surface area contributed by atoms with Crippen LogP contribution in [0.1, 0.15) is 52.4 Å². The summed E-state index contributed by atoms with van der Waals surface area (Å²) in [5, 5.41) is 0. The van der Waals surface area contributed by atoms with Gasteiger partial charge in [0, 0.05) is 18.6 Å². The van der Waals surface area contributed by atoms with Crippen molar-refractivity contribution in [3.63, 3.8) is 0 Å². The number of likely N-dealkylation sites (tertiary alicyclic amines) is 1. The Morgan fingerprint density at radius 3 is 2.13 bits per heavy atom. The maximum atomic E-state index is 5.95. The number of piperidine rings is 1. The fourth-order valence-corrected chi connectivity index (χ4v) is 3.28. The molecule has 2 heteroatoms. The van der Waals surface area contributed by atoms with Gasteiger partial charge in [-0.15, -0.1) is 0 Å². The van der Waals surface area contributed by atoms with Crippen molar-refractivity contribution >= 4 is 0 Å². The molecule has 1 saturated carbocycles. The third-order valence-corrected chi connectivity index (χ3v) is 4.74. The summed E-state index contributed by atoms with van der Waals surface area (Å²) in [5.41, 5.74) is 6.44. The Balaban J connectivity index is 1.96. The Kier molecular flexibility index (Phi) is 3.36. The third kappa shape index (κ3) is 2.21. The lowest BCUT2D eigenvalue weighted by Gasteiger charge is -2.49. The largest absolute Gasteiger partial charge is 0.330 e. The van der Waals surface area contributed by atoms with Gasteiger partial charge in [0.05, 0.1) is 0 Å². The first-order valence-electron chi connectivity index (χ1n) is 6.63. The van der Waals surface area contributed by atoms with Gasteiger partial charge in [0.1, 0.15) is 0 Å². The zero-order valence-electron chi connectivity index (χ0n) is 10.3. The van der Waals surface area contributed by atoms with Crippen LogP contribution in [0.5, 0.6) is 0 Å². The molecule has 1 aliphatic heterocycles. The van der Waals surface area contributed by atoms with Crippen molar-refractivity contribution in [1.29, 1.82) is 0 Å². The second-order valence-electron chi connectivity index (χ2n) is 5.86. The fourth-order valence-electron chi connectivity index (χ4n) is 3.28. The molecule has 0 aromatic heterocycles. The molecule has 88 valence electrons. The molecule has 0 aromatic carbocycles. The summed E-state index contributed by atoms with van der Waals surface area (Å²) in [6.45, 7) is 6.92. The van der Waals surface area contributed by atoms with E-state index in [4.69, 9.17) is 5.73 Å². The van der Waals surface area contributed by atoms with Gasteiger partial charge in [-0.3, -0.25) is 4.90 Å². The minimum atomic E-state index is 0.486. The summed E-state index contributed by atoms with van der Waals surface area (Å²) in [4.78, 5) is 2.72. The van der Waals surface area contributed by atoms with E-state index in [1.54, 1.807) is 0 Å². The average Bonchev–Trinajstić information content (AvgIpc) is 2.15. The number of nitrogens with zero attached hydrogens (tertiary/aromatic N) is 1. The lowest BCUT2D eigenvalue weighted by atomic mass is 9.68. The summed E-state index contributed by atoms with van der Waals surface area (Å²) < 4.78 is 0. The van der Waals surface area contributed by atoms with E-state index in [0.717, 1.165) is 18.6 Å². The molecule has 0 amide bonds. The standard InChI is InChI=1S/C13H26N2/c1-11-5-3-6-12(2)15(11)10-13(9-14)7-4-8-13/h11-12H,3-10,14H2,1-2H3. The van der Waals surface area contributed by atoms with Gasteiger partial charge in [0.25, 0.3) is 0 Å². The van der Waals surface area contributed by atoms with Crippen LogP contribution in [0.4, 0.5) is 0 Å². The maximum absolute atomic E-state index is 5.95. The van der Waals surface area contributed by atoms with Crippen LogP contribution in [-0.2, 0) is 0 Å². The summed E-state index contributed by atoms with van der Waals surface area (Å²) in [5.74, 6) is 0. The second kappa shape index (κ2) is 4.42. The molecule has 2 unspecified atom stereocenters. The van der Waals surface area contributed by atoms with E-state index in [1.165, 1.54) is 45.1 Å². The van der Waals surface area contributed by atoms with Crippen LogP contribution in [0.15, 0.2) is 0 Å². The fraction of sp³-hybridized carbons (Fsp3) is 1.00. The molecule has 0 aromatic rings. The minimum Gasteiger partial charge on any atom is -0.330 e. The van der Waals surface area contributed by atoms with Crippen molar-refractivity contribution in [1.82, 2.24) is 4.90 Å². The Labute approximate surface area is 94.2 Å². The molecular formula is C13H26N2. The van der Waals surface area contributed by atoms with E-state index >= 15 is 0 Å². The normalized spacial score (nSPS) is 36.2. The van der Waals surface area contributed by atoms with Gasteiger partial charge in [-0.2, -0.15) is 0 Å². The van der Waals surface area contributed by atoms with Crippen molar-refractivity contribution in [3.05, 3.63) is 0 Å². The first-order valence-corrected chi connectivity index (χ1v) is 6.63. The molecule has 0 spiro atoms. The molecular weight excluding hydrogens is 184 g/mol. The molecule has 2 N–H and O–H groups in total. The van der Waals surface area contributed by atoms with Crippen LogP contribution in [0.2, 0.25) is 0 Å². The Hall–Kier alpha value is -0.0800. The van der Waals surface area contributed by atoms with Crippen LogP contribution in [0.3, 0.4) is 0 Å². The lowest BCUT2D eigenvalue weighted by Crippen LogP contribution is -2.53. The Morgan fingerprint density at radius 2 is 1.73 bits per heavy atom. The van der Waals surface area contributed by atoms with Crippen LogP contribution >= 0.6 is 0 Å². The van der Waals surface area contributed by atoms with Crippen LogP contribution in [-0.4, -0.2) is 30.1 Å². The van der Waals surface area contributed by atoms with Crippen molar-refractivity contribution in [2.75, 3.05) is 13.1 Å². The summed E-state index contributed by atoms with van der Waals surface area (Å²) in [6, 6.07) is 1.55. The van der Waals surface area contributed by atoms with E-state index in [1.807, 2.05) is 0 Å². The maximum Gasteiger partial charge on any atom is 0.00700 e. The molecule has 2 atom stereocenters. The highest BCUT2D eigenvalue weighted by Crippen LogP contribution is 2.42. The highest BCUT2D eigenvalue weighted by Gasteiger charge is 2.39. The molecule has 0 bridgehead atoms. The summed E-state index contributed by atoms with van der Waals surface area (Å²) in [7, 11) is 0. The zero-order valence-corrected chi connectivity index (χ0v) is 10.3. The average molecular weight is 210 g/mol. The van der Waals surface area contributed by atoms with E-state index < -0.39 is 0 Å².